The lowest BCUT2D eigenvalue weighted by Gasteiger charge is -2.34. The lowest BCUT2D eigenvalue weighted by molar-refractivity contribution is -0.0189. The topological polar surface area (TPSA) is 186 Å². The molecule has 3 aromatic rings. The van der Waals surface area contributed by atoms with E-state index in [9.17, 15) is 40.5 Å². The van der Waals surface area contributed by atoms with Crippen molar-refractivity contribution in [3.63, 3.8) is 0 Å². The van der Waals surface area contributed by atoms with Crippen molar-refractivity contribution in [1.82, 2.24) is 0 Å². The number of esters is 1. The smallest absolute Gasteiger partial charge is 0.338 e. The van der Waals surface area contributed by atoms with E-state index in [4.69, 9.17) is 14.2 Å². The Hall–Kier alpha value is -4.67. The predicted octanol–water partition coefficient (Wildman–Crippen LogP) is 2.54. The first-order valence-corrected chi connectivity index (χ1v) is 9.86. The van der Waals surface area contributed by atoms with Crippen molar-refractivity contribution in [3.05, 3.63) is 53.1 Å². The number of phenols is 7. The first-order valence-electron chi connectivity index (χ1n) is 9.86. The zero-order valence-electron chi connectivity index (χ0n) is 17.6. The molecule has 1 aliphatic rings. The first kappa shape index (κ1) is 22.5. The molecule has 0 saturated carbocycles. The molecule has 3 aromatic carbocycles. The van der Waals surface area contributed by atoms with Gasteiger partial charge in [0.2, 0.25) is 5.75 Å². The lowest BCUT2D eigenvalue weighted by atomic mass is 9.93. The molecular formula is C23H20O11. The molecule has 0 aromatic heterocycles. The van der Waals surface area contributed by atoms with Gasteiger partial charge >= 0.3 is 5.97 Å². The quantitative estimate of drug-likeness (QED) is 0.218. The van der Waals surface area contributed by atoms with Gasteiger partial charge in [-0.2, -0.15) is 0 Å². The van der Waals surface area contributed by atoms with Gasteiger partial charge in [-0.1, -0.05) is 0 Å². The Labute approximate surface area is 191 Å². The number of carbonyl (C=O) groups is 1. The summed E-state index contributed by atoms with van der Waals surface area (Å²) in [5.74, 6) is -4.81. The molecule has 0 saturated heterocycles. The molecule has 178 valence electrons. The molecule has 11 heteroatoms. The molecule has 1 aliphatic heterocycles. The standard InChI is InChI=1S/C23H20O11/c1-32-22-16(28)2-9(3-17(22)29)21-19(8-12-13(25)6-11(24)7-18(12)33-21)34-23(31)10-4-14(26)20(30)15(27)5-10/h2-7,19,21,24-30H,8H2,1H3/t19-,21+/m1/s1. The Balaban J connectivity index is 1.75. The number of phenolic OH excluding ortho intramolecular Hbond substituents is 7. The molecular weight excluding hydrogens is 452 g/mol. The molecule has 34 heavy (non-hydrogen) atoms. The third-order valence-corrected chi connectivity index (χ3v) is 5.34. The molecule has 0 aliphatic carbocycles. The number of ether oxygens (including phenoxy) is 3. The fourth-order valence-corrected chi connectivity index (χ4v) is 3.75. The number of fused-ring (bicyclic) bond motifs is 1. The normalized spacial score (nSPS) is 16.9. The monoisotopic (exact) mass is 472 g/mol. The Morgan fingerprint density at radius 1 is 0.853 bits per heavy atom. The van der Waals surface area contributed by atoms with E-state index >= 15 is 0 Å². The van der Waals surface area contributed by atoms with Crippen LogP contribution in [0.4, 0.5) is 0 Å². The van der Waals surface area contributed by atoms with Gasteiger partial charge in [0.25, 0.3) is 0 Å². The molecule has 0 unspecified atom stereocenters. The minimum atomic E-state index is -1.14. The van der Waals surface area contributed by atoms with Gasteiger partial charge in [-0.3, -0.25) is 0 Å². The van der Waals surface area contributed by atoms with E-state index < -0.39 is 46.9 Å². The summed E-state index contributed by atoms with van der Waals surface area (Å²) >= 11 is 0. The number of carbonyl (C=O) groups excluding carboxylic acids is 1. The van der Waals surface area contributed by atoms with Gasteiger partial charge in [-0.25, -0.2) is 4.79 Å². The van der Waals surface area contributed by atoms with Gasteiger partial charge in [0.15, 0.2) is 34.9 Å². The van der Waals surface area contributed by atoms with Crippen LogP contribution in [0, 0.1) is 0 Å². The highest BCUT2D eigenvalue weighted by Gasteiger charge is 2.37. The van der Waals surface area contributed by atoms with E-state index in [2.05, 4.69) is 0 Å². The van der Waals surface area contributed by atoms with Crippen LogP contribution >= 0.6 is 0 Å². The van der Waals surface area contributed by atoms with Crippen molar-refractivity contribution in [1.29, 1.82) is 0 Å². The third kappa shape index (κ3) is 3.94. The zero-order valence-corrected chi connectivity index (χ0v) is 17.6. The van der Waals surface area contributed by atoms with Gasteiger partial charge in [-0.15, -0.1) is 0 Å². The SMILES string of the molecule is COc1c(O)cc([C@@H]2Oc3cc(O)cc(O)c3C[C@H]2OC(=O)c2cc(O)c(O)c(O)c2)cc1O. The largest absolute Gasteiger partial charge is 0.508 e. The maximum absolute atomic E-state index is 12.8. The van der Waals surface area contributed by atoms with Gasteiger partial charge in [0.05, 0.1) is 12.7 Å². The third-order valence-electron chi connectivity index (χ3n) is 5.34. The summed E-state index contributed by atoms with van der Waals surface area (Å²) in [4.78, 5) is 12.8. The fourth-order valence-electron chi connectivity index (χ4n) is 3.75. The maximum Gasteiger partial charge on any atom is 0.338 e. The number of hydrogen-bond acceptors (Lipinski definition) is 11. The van der Waals surface area contributed by atoms with Crippen LogP contribution in [-0.2, 0) is 11.2 Å². The van der Waals surface area contributed by atoms with Gasteiger partial charge in [0, 0.05) is 29.7 Å². The van der Waals surface area contributed by atoms with Crippen LogP contribution in [-0.4, -0.2) is 54.9 Å². The van der Waals surface area contributed by atoms with Crippen LogP contribution in [0.1, 0.15) is 27.6 Å². The molecule has 0 fully saturated rings. The molecule has 0 amide bonds. The van der Waals surface area contributed by atoms with E-state index in [1.54, 1.807) is 0 Å². The van der Waals surface area contributed by atoms with E-state index in [1.807, 2.05) is 0 Å². The number of benzene rings is 3. The highest BCUT2D eigenvalue weighted by Crippen LogP contribution is 2.46. The van der Waals surface area contributed by atoms with Crippen LogP contribution in [0.25, 0.3) is 0 Å². The maximum atomic E-state index is 12.8. The minimum absolute atomic E-state index is 0.0875. The minimum Gasteiger partial charge on any atom is -0.508 e. The Morgan fingerprint density at radius 2 is 1.47 bits per heavy atom. The summed E-state index contributed by atoms with van der Waals surface area (Å²) in [5, 5.41) is 69.4. The van der Waals surface area contributed by atoms with Crippen LogP contribution < -0.4 is 9.47 Å². The Morgan fingerprint density at radius 3 is 2.06 bits per heavy atom. The summed E-state index contributed by atoms with van der Waals surface area (Å²) in [6, 6.07) is 6.59. The molecule has 2 atom stereocenters. The average molecular weight is 472 g/mol. The van der Waals surface area contributed by atoms with Crippen molar-refractivity contribution in [2.45, 2.75) is 18.6 Å². The highest BCUT2D eigenvalue weighted by molar-refractivity contribution is 5.91. The van der Waals surface area contributed by atoms with Crippen molar-refractivity contribution in [2.24, 2.45) is 0 Å². The summed E-state index contributed by atoms with van der Waals surface area (Å²) in [6.07, 6.45) is -2.36. The summed E-state index contributed by atoms with van der Waals surface area (Å²) in [7, 11) is 1.25. The van der Waals surface area contributed by atoms with E-state index in [0.29, 0.717) is 0 Å². The van der Waals surface area contributed by atoms with Gasteiger partial charge in [-0.05, 0) is 24.3 Å². The second-order valence-electron chi connectivity index (χ2n) is 7.58. The number of rotatable bonds is 4. The second-order valence-corrected chi connectivity index (χ2v) is 7.58. The van der Waals surface area contributed by atoms with Crippen LogP contribution in [0.3, 0.4) is 0 Å². The zero-order chi connectivity index (χ0) is 24.7. The molecule has 0 bridgehead atoms. The van der Waals surface area contributed by atoms with Crippen LogP contribution in [0.15, 0.2) is 36.4 Å². The van der Waals surface area contributed by atoms with Gasteiger partial charge < -0.3 is 50.0 Å². The Kier molecular flexibility index (Phi) is 5.53. The highest BCUT2D eigenvalue weighted by atomic mass is 16.6. The Bertz CT molecular complexity index is 1240. The van der Waals surface area contributed by atoms with Crippen molar-refractivity contribution in [3.8, 4) is 51.7 Å². The van der Waals surface area contributed by atoms with E-state index in [1.165, 1.54) is 25.3 Å². The lowest BCUT2D eigenvalue weighted by Crippen LogP contribution is -2.34. The van der Waals surface area contributed by atoms with Crippen molar-refractivity contribution >= 4 is 5.97 Å². The van der Waals surface area contributed by atoms with Gasteiger partial charge in [0.1, 0.15) is 23.4 Å². The molecule has 1 heterocycles. The van der Waals surface area contributed by atoms with E-state index in [-0.39, 0.29) is 46.1 Å². The first-order chi connectivity index (χ1) is 16.1. The van der Waals surface area contributed by atoms with E-state index in [0.717, 1.165) is 18.2 Å². The average Bonchev–Trinajstić information content (AvgIpc) is 2.76. The number of hydrogen-bond donors (Lipinski definition) is 7. The van der Waals surface area contributed by atoms with Crippen molar-refractivity contribution < 1.29 is 54.8 Å². The summed E-state index contributed by atoms with van der Waals surface area (Å²) < 4.78 is 16.3. The number of aromatic hydroxyl groups is 7. The molecule has 11 nitrogen and oxygen atoms in total. The molecule has 7 N–H and O–H groups in total. The van der Waals surface area contributed by atoms with Crippen molar-refractivity contribution in [2.75, 3.05) is 7.11 Å². The molecule has 0 radical (unpaired) electrons. The van der Waals surface area contributed by atoms with Crippen LogP contribution in [0.5, 0.6) is 51.7 Å². The molecule has 0 spiro atoms. The second kappa shape index (κ2) is 8.35. The predicted molar refractivity (Wildman–Crippen MR) is 114 cm³/mol. The summed E-state index contributed by atoms with van der Waals surface area (Å²) in [6.45, 7) is 0. The summed E-state index contributed by atoms with van der Waals surface area (Å²) in [5.41, 5.74) is 0.122. The number of methoxy groups -OCH3 is 1. The molecule has 4 rings (SSSR count). The fraction of sp³-hybridized carbons (Fsp3) is 0.174. The van der Waals surface area contributed by atoms with Crippen LogP contribution in [0.2, 0.25) is 0 Å².